The third-order valence-corrected chi connectivity index (χ3v) is 1.39. The lowest BCUT2D eigenvalue weighted by atomic mass is 10.2. The van der Waals surface area contributed by atoms with Gasteiger partial charge in [-0.05, 0) is 13.8 Å². The van der Waals surface area contributed by atoms with Crippen molar-refractivity contribution in [3.63, 3.8) is 0 Å². The van der Waals surface area contributed by atoms with Crippen molar-refractivity contribution in [1.82, 2.24) is 10.7 Å². The highest BCUT2D eigenvalue weighted by Gasteiger charge is 2.06. The average Bonchev–Trinajstić information content (AvgIpc) is 1.98. The standard InChI is InChI=1S/C7H14N4O2/c1-4(9-6(3)12)5(2)10-11-7(8)13/h4H,1-3H3,(H,9,12)(H3,8,11,13)/b10-5-/t4-/m1/s1. The van der Waals surface area contributed by atoms with Crippen molar-refractivity contribution in [1.29, 1.82) is 0 Å². The quantitative estimate of drug-likeness (QED) is 0.411. The number of rotatable bonds is 3. The van der Waals surface area contributed by atoms with Gasteiger partial charge in [-0.25, -0.2) is 10.2 Å². The van der Waals surface area contributed by atoms with Crippen LogP contribution < -0.4 is 16.5 Å². The predicted molar refractivity (Wildman–Crippen MR) is 49.1 cm³/mol. The number of carbonyl (C=O) groups excluding carboxylic acids is 2. The van der Waals surface area contributed by atoms with E-state index in [1.54, 1.807) is 13.8 Å². The molecule has 13 heavy (non-hydrogen) atoms. The minimum absolute atomic E-state index is 0.152. The maximum absolute atomic E-state index is 10.6. The number of urea groups is 1. The number of carbonyl (C=O) groups is 2. The first-order chi connectivity index (χ1) is 5.93. The Labute approximate surface area is 76.6 Å². The average molecular weight is 186 g/mol. The van der Waals surface area contributed by atoms with Crippen LogP contribution in [0.3, 0.4) is 0 Å². The molecule has 0 radical (unpaired) electrons. The van der Waals surface area contributed by atoms with Crippen LogP contribution in [0.5, 0.6) is 0 Å². The Kier molecular flexibility index (Phi) is 4.50. The van der Waals surface area contributed by atoms with Crippen LogP contribution in [0.2, 0.25) is 0 Å². The Morgan fingerprint density at radius 3 is 2.31 bits per heavy atom. The van der Waals surface area contributed by atoms with Crippen molar-refractivity contribution in [3.8, 4) is 0 Å². The molecule has 0 unspecified atom stereocenters. The summed E-state index contributed by atoms with van der Waals surface area (Å²) in [5.74, 6) is -0.152. The van der Waals surface area contributed by atoms with E-state index in [4.69, 9.17) is 5.73 Å². The fourth-order valence-electron chi connectivity index (χ4n) is 0.649. The Morgan fingerprint density at radius 2 is 1.92 bits per heavy atom. The second kappa shape index (κ2) is 5.13. The summed E-state index contributed by atoms with van der Waals surface area (Å²) in [7, 11) is 0. The highest BCUT2D eigenvalue weighted by Crippen LogP contribution is 1.86. The van der Waals surface area contributed by atoms with E-state index in [0.717, 1.165) is 0 Å². The highest BCUT2D eigenvalue weighted by molar-refractivity contribution is 5.91. The van der Waals surface area contributed by atoms with E-state index < -0.39 is 6.03 Å². The van der Waals surface area contributed by atoms with Gasteiger partial charge in [-0.15, -0.1) is 0 Å². The van der Waals surface area contributed by atoms with E-state index in [-0.39, 0.29) is 11.9 Å². The second-order valence-corrected chi connectivity index (χ2v) is 2.65. The number of hydrazone groups is 1. The number of primary amides is 1. The molecule has 3 amide bonds. The van der Waals surface area contributed by atoms with Gasteiger partial charge >= 0.3 is 6.03 Å². The molecule has 0 aliphatic heterocycles. The third-order valence-electron chi connectivity index (χ3n) is 1.39. The molecular formula is C7H14N4O2. The molecule has 4 N–H and O–H groups in total. The van der Waals surface area contributed by atoms with E-state index >= 15 is 0 Å². The fraction of sp³-hybridized carbons (Fsp3) is 0.571. The molecule has 0 aromatic carbocycles. The summed E-state index contributed by atoms with van der Waals surface area (Å²) in [4.78, 5) is 20.9. The summed E-state index contributed by atoms with van der Waals surface area (Å²) in [6.45, 7) is 4.84. The molecule has 1 atom stereocenters. The molecule has 0 saturated carbocycles. The van der Waals surface area contributed by atoms with Crippen molar-refractivity contribution in [2.24, 2.45) is 10.8 Å². The first kappa shape index (κ1) is 11.4. The largest absolute Gasteiger partial charge is 0.350 e. The van der Waals surface area contributed by atoms with E-state index in [2.05, 4.69) is 15.8 Å². The lowest BCUT2D eigenvalue weighted by Crippen LogP contribution is -2.37. The number of nitrogens with zero attached hydrogens (tertiary/aromatic N) is 1. The molecule has 6 nitrogen and oxygen atoms in total. The van der Waals surface area contributed by atoms with Crippen molar-refractivity contribution >= 4 is 17.6 Å². The number of hydrogen-bond acceptors (Lipinski definition) is 3. The summed E-state index contributed by atoms with van der Waals surface area (Å²) < 4.78 is 0. The first-order valence-electron chi connectivity index (χ1n) is 3.80. The van der Waals surface area contributed by atoms with Crippen molar-refractivity contribution < 1.29 is 9.59 Å². The maximum Gasteiger partial charge on any atom is 0.332 e. The van der Waals surface area contributed by atoms with Crippen LogP contribution in [0.25, 0.3) is 0 Å². The minimum atomic E-state index is -0.727. The molecule has 0 heterocycles. The van der Waals surface area contributed by atoms with Gasteiger partial charge in [-0.3, -0.25) is 4.79 Å². The first-order valence-corrected chi connectivity index (χ1v) is 3.80. The van der Waals surface area contributed by atoms with E-state index in [9.17, 15) is 9.59 Å². The molecule has 0 rings (SSSR count). The molecule has 0 spiro atoms. The van der Waals surface area contributed by atoms with Gasteiger partial charge in [-0.1, -0.05) is 0 Å². The van der Waals surface area contributed by atoms with Crippen LogP contribution in [0, 0.1) is 0 Å². The number of hydrogen-bond donors (Lipinski definition) is 3. The van der Waals surface area contributed by atoms with Gasteiger partial charge < -0.3 is 11.1 Å². The molecule has 0 aliphatic carbocycles. The molecule has 0 bridgehead atoms. The van der Waals surface area contributed by atoms with Crippen molar-refractivity contribution in [3.05, 3.63) is 0 Å². The van der Waals surface area contributed by atoms with Crippen LogP contribution in [-0.4, -0.2) is 23.7 Å². The van der Waals surface area contributed by atoms with Crippen LogP contribution in [0.4, 0.5) is 4.79 Å². The molecule has 0 fully saturated rings. The van der Waals surface area contributed by atoms with Crippen molar-refractivity contribution in [2.45, 2.75) is 26.8 Å². The molecular weight excluding hydrogens is 172 g/mol. The van der Waals surface area contributed by atoms with Gasteiger partial charge in [0.05, 0.1) is 11.8 Å². The van der Waals surface area contributed by atoms with E-state index in [1.165, 1.54) is 6.92 Å². The number of nitrogens with one attached hydrogen (secondary N) is 2. The summed E-state index contributed by atoms with van der Waals surface area (Å²) in [5.41, 5.74) is 7.45. The third kappa shape index (κ3) is 5.66. The molecule has 74 valence electrons. The normalized spacial score (nSPS) is 13.3. The summed E-state index contributed by atoms with van der Waals surface area (Å²) in [6.07, 6.45) is 0. The van der Waals surface area contributed by atoms with Gasteiger partial charge in [0.25, 0.3) is 0 Å². The zero-order valence-electron chi connectivity index (χ0n) is 7.92. The number of amides is 3. The summed E-state index contributed by atoms with van der Waals surface area (Å²) in [5, 5.41) is 6.26. The molecule has 0 aromatic rings. The predicted octanol–water partition coefficient (Wildman–Crippen LogP) is -0.445. The molecule has 0 saturated heterocycles. The van der Waals surface area contributed by atoms with Crippen molar-refractivity contribution in [2.75, 3.05) is 0 Å². The summed E-state index contributed by atoms with van der Waals surface area (Å²) in [6, 6.07) is -0.946. The second-order valence-electron chi connectivity index (χ2n) is 2.65. The Bertz CT molecular complexity index is 237. The zero-order chi connectivity index (χ0) is 10.4. The van der Waals surface area contributed by atoms with Crippen LogP contribution in [0.1, 0.15) is 20.8 Å². The lowest BCUT2D eigenvalue weighted by Gasteiger charge is -2.11. The SMILES string of the molecule is CC(=O)N[C@H](C)/C(C)=N\NC(N)=O. The minimum Gasteiger partial charge on any atom is -0.350 e. The molecule has 0 aliphatic rings. The maximum atomic E-state index is 10.6. The monoisotopic (exact) mass is 186 g/mol. The van der Waals surface area contributed by atoms with Gasteiger partial charge in [0, 0.05) is 6.92 Å². The highest BCUT2D eigenvalue weighted by atomic mass is 16.2. The van der Waals surface area contributed by atoms with Crippen LogP contribution in [-0.2, 0) is 4.79 Å². The molecule has 0 aromatic heterocycles. The van der Waals surface area contributed by atoms with Gasteiger partial charge in [0.15, 0.2) is 0 Å². The smallest absolute Gasteiger partial charge is 0.332 e. The Balaban J connectivity index is 4.07. The zero-order valence-corrected chi connectivity index (χ0v) is 7.92. The fourth-order valence-corrected chi connectivity index (χ4v) is 0.649. The van der Waals surface area contributed by atoms with Gasteiger partial charge in [0.1, 0.15) is 0 Å². The lowest BCUT2D eigenvalue weighted by molar-refractivity contribution is -0.119. The van der Waals surface area contributed by atoms with Gasteiger partial charge in [-0.2, -0.15) is 5.10 Å². The Hall–Kier alpha value is -1.59. The van der Waals surface area contributed by atoms with Gasteiger partial charge in [0.2, 0.25) is 5.91 Å². The number of nitrogens with two attached hydrogens (primary N) is 1. The molecule has 6 heteroatoms. The van der Waals surface area contributed by atoms with E-state index in [0.29, 0.717) is 5.71 Å². The van der Waals surface area contributed by atoms with Crippen LogP contribution in [0.15, 0.2) is 5.10 Å². The Morgan fingerprint density at radius 1 is 1.38 bits per heavy atom. The topological polar surface area (TPSA) is 96.6 Å². The van der Waals surface area contributed by atoms with E-state index in [1.807, 2.05) is 0 Å². The van der Waals surface area contributed by atoms with Crippen LogP contribution >= 0.6 is 0 Å². The summed E-state index contributed by atoms with van der Waals surface area (Å²) >= 11 is 0.